The van der Waals surface area contributed by atoms with Gasteiger partial charge in [0, 0.05) is 16.9 Å². The molecule has 2 atom stereocenters. The van der Waals surface area contributed by atoms with E-state index < -0.39 is 12.0 Å². The lowest BCUT2D eigenvalue weighted by atomic mass is 9.83. The molecule has 0 unspecified atom stereocenters. The van der Waals surface area contributed by atoms with Gasteiger partial charge in [-0.25, -0.2) is 0 Å². The number of hydrogen-bond acceptors (Lipinski definition) is 3. The smallest absolute Gasteiger partial charge is 0.245 e. The Balaban J connectivity index is 2.42. The van der Waals surface area contributed by atoms with Crippen LogP contribution in [-0.2, 0) is 4.79 Å². The summed E-state index contributed by atoms with van der Waals surface area (Å²) in [5.41, 5.74) is 1.91. The van der Waals surface area contributed by atoms with Crippen molar-refractivity contribution in [3.63, 3.8) is 0 Å². The van der Waals surface area contributed by atoms with Crippen LogP contribution in [-0.4, -0.2) is 17.3 Å². The van der Waals surface area contributed by atoms with Crippen LogP contribution < -0.4 is 0 Å². The second-order valence-corrected chi connectivity index (χ2v) is 5.04. The van der Waals surface area contributed by atoms with Crippen LogP contribution in [0.2, 0.25) is 0 Å². The van der Waals surface area contributed by atoms with Crippen LogP contribution in [0, 0.1) is 10.1 Å². The van der Waals surface area contributed by atoms with Gasteiger partial charge in [-0.05, 0) is 11.1 Å². The maximum Gasteiger partial charge on any atom is 0.245 e. The van der Waals surface area contributed by atoms with Crippen molar-refractivity contribution < 1.29 is 9.72 Å². The minimum atomic E-state index is -1.03. The predicted molar refractivity (Wildman–Crippen MR) is 86.1 cm³/mol. The van der Waals surface area contributed by atoms with Crippen molar-refractivity contribution in [2.75, 3.05) is 0 Å². The molecule has 2 aromatic carbocycles. The van der Waals surface area contributed by atoms with E-state index in [9.17, 15) is 14.9 Å². The average molecular weight is 295 g/mol. The zero-order valence-electron chi connectivity index (χ0n) is 12.1. The molecular formula is C18H17NO3. The molecule has 0 N–H and O–H groups in total. The van der Waals surface area contributed by atoms with Crippen molar-refractivity contribution in [1.82, 2.24) is 0 Å². The highest BCUT2D eigenvalue weighted by Gasteiger charge is 2.35. The quantitative estimate of drug-likeness (QED) is 0.444. The standard InChI is InChI=1S/C18H17NO3/c1-14(15-8-4-2-5-9-15)18(19(21)22)17(12-13-20)16-10-6-3-7-11-16/h2-11,13,17-18H,1,12H2/t17-,18-/m1/s1. The number of benzene rings is 2. The van der Waals surface area contributed by atoms with E-state index in [1.54, 1.807) is 12.1 Å². The highest BCUT2D eigenvalue weighted by molar-refractivity contribution is 5.68. The van der Waals surface area contributed by atoms with E-state index in [-0.39, 0.29) is 11.3 Å². The van der Waals surface area contributed by atoms with Gasteiger partial charge in [-0.15, -0.1) is 0 Å². The third-order valence-corrected chi connectivity index (χ3v) is 3.69. The number of carbonyl (C=O) groups excluding carboxylic acids is 1. The first-order chi connectivity index (χ1) is 10.6. The van der Waals surface area contributed by atoms with Gasteiger partial charge >= 0.3 is 0 Å². The van der Waals surface area contributed by atoms with Gasteiger partial charge in [0.2, 0.25) is 6.04 Å². The molecule has 22 heavy (non-hydrogen) atoms. The molecule has 4 heteroatoms. The van der Waals surface area contributed by atoms with Crippen LogP contribution in [0.1, 0.15) is 23.5 Å². The molecule has 0 fully saturated rings. The molecule has 0 radical (unpaired) electrons. The molecule has 4 nitrogen and oxygen atoms in total. The van der Waals surface area contributed by atoms with E-state index in [4.69, 9.17) is 0 Å². The molecule has 2 aromatic rings. The zero-order valence-corrected chi connectivity index (χ0v) is 12.1. The van der Waals surface area contributed by atoms with E-state index in [2.05, 4.69) is 6.58 Å². The first-order valence-corrected chi connectivity index (χ1v) is 7.01. The van der Waals surface area contributed by atoms with E-state index in [1.807, 2.05) is 48.5 Å². The average Bonchev–Trinajstić information content (AvgIpc) is 2.55. The Morgan fingerprint density at radius 3 is 2.14 bits per heavy atom. The molecule has 0 aliphatic heterocycles. The Kier molecular flexibility index (Phi) is 5.20. The fourth-order valence-corrected chi connectivity index (χ4v) is 2.59. The zero-order chi connectivity index (χ0) is 15.9. The summed E-state index contributed by atoms with van der Waals surface area (Å²) in [4.78, 5) is 22.3. The van der Waals surface area contributed by atoms with Crippen molar-refractivity contribution in [2.45, 2.75) is 18.4 Å². The number of aldehydes is 1. The van der Waals surface area contributed by atoms with E-state index >= 15 is 0 Å². The van der Waals surface area contributed by atoms with Crippen LogP contribution in [0.5, 0.6) is 0 Å². The highest BCUT2D eigenvalue weighted by atomic mass is 16.6. The van der Waals surface area contributed by atoms with Crippen molar-refractivity contribution in [3.05, 3.63) is 88.5 Å². The van der Waals surface area contributed by atoms with Gasteiger partial charge in [0.15, 0.2) is 0 Å². The predicted octanol–water partition coefficient (Wildman–Crippen LogP) is 3.72. The lowest BCUT2D eigenvalue weighted by Gasteiger charge is -2.21. The highest BCUT2D eigenvalue weighted by Crippen LogP contribution is 2.32. The Labute approximate surface area is 129 Å². The van der Waals surface area contributed by atoms with Crippen molar-refractivity contribution >= 4 is 11.9 Å². The monoisotopic (exact) mass is 295 g/mol. The molecule has 0 heterocycles. The summed E-state index contributed by atoms with van der Waals surface area (Å²) >= 11 is 0. The van der Waals surface area contributed by atoms with Gasteiger partial charge in [0.25, 0.3) is 0 Å². The molecule has 0 aromatic heterocycles. The van der Waals surface area contributed by atoms with Gasteiger partial charge in [-0.1, -0.05) is 67.2 Å². The number of nitro groups is 1. The van der Waals surface area contributed by atoms with Crippen molar-refractivity contribution in [3.8, 4) is 0 Å². The third-order valence-electron chi connectivity index (χ3n) is 3.69. The first-order valence-electron chi connectivity index (χ1n) is 7.01. The molecule has 0 aliphatic rings. The van der Waals surface area contributed by atoms with Crippen LogP contribution in [0.4, 0.5) is 0 Å². The fraction of sp³-hybridized carbons (Fsp3) is 0.167. The molecule has 0 saturated heterocycles. The third kappa shape index (κ3) is 3.47. The topological polar surface area (TPSA) is 60.2 Å². The lowest BCUT2D eigenvalue weighted by Crippen LogP contribution is -2.29. The van der Waals surface area contributed by atoms with E-state index in [0.717, 1.165) is 17.4 Å². The Morgan fingerprint density at radius 2 is 1.64 bits per heavy atom. The number of rotatable bonds is 7. The van der Waals surface area contributed by atoms with Gasteiger partial charge in [0.1, 0.15) is 6.29 Å². The van der Waals surface area contributed by atoms with Gasteiger partial charge in [0.05, 0.1) is 5.92 Å². The number of nitrogens with zero attached hydrogens (tertiary/aromatic N) is 1. The Hall–Kier alpha value is -2.75. The molecule has 2 rings (SSSR count). The largest absolute Gasteiger partial charge is 0.303 e. The summed E-state index contributed by atoms with van der Waals surface area (Å²) in [5.74, 6) is -0.526. The Bertz CT molecular complexity index is 653. The molecule has 112 valence electrons. The summed E-state index contributed by atoms with van der Waals surface area (Å²) < 4.78 is 0. The molecule has 0 aliphatic carbocycles. The molecule has 0 spiro atoms. The van der Waals surface area contributed by atoms with Gasteiger partial charge in [-0.2, -0.15) is 0 Å². The molecular weight excluding hydrogens is 278 g/mol. The van der Waals surface area contributed by atoms with Crippen LogP contribution in [0.25, 0.3) is 5.57 Å². The number of carbonyl (C=O) groups is 1. The van der Waals surface area contributed by atoms with E-state index in [1.165, 1.54) is 0 Å². The summed E-state index contributed by atoms with van der Waals surface area (Å²) in [6.45, 7) is 3.92. The summed E-state index contributed by atoms with van der Waals surface area (Å²) in [5, 5.41) is 11.6. The van der Waals surface area contributed by atoms with Crippen molar-refractivity contribution in [1.29, 1.82) is 0 Å². The maximum atomic E-state index is 11.6. The maximum absolute atomic E-state index is 11.6. The number of hydrogen-bond donors (Lipinski definition) is 0. The molecule has 0 bridgehead atoms. The second-order valence-electron chi connectivity index (χ2n) is 5.04. The van der Waals surface area contributed by atoms with Crippen molar-refractivity contribution in [2.24, 2.45) is 0 Å². The van der Waals surface area contributed by atoms with Crippen LogP contribution in [0.3, 0.4) is 0 Å². The fourth-order valence-electron chi connectivity index (χ4n) is 2.59. The van der Waals surface area contributed by atoms with Gasteiger partial charge in [-0.3, -0.25) is 10.1 Å². The Morgan fingerprint density at radius 1 is 1.09 bits per heavy atom. The van der Waals surface area contributed by atoms with Crippen LogP contribution in [0.15, 0.2) is 67.2 Å². The minimum absolute atomic E-state index is 0.0848. The summed E-state index contributed by atoms with van der Waals surface area (Å²) in [6.07, 6.45) is 0.813. The van der Waals surface area contributed by atoms with E-state index in [0.29, 0.717) is 5.57 Å². The van der Waals surface area contributed by atoms with Crippen LogP contribution >= 0.6 is 0 Å². The molecule has 0 saturated carbocycles. The normalized spacial score (nSPS) is 13.1. The first kappa shape index (κ1) is 15.6. The van der Waals surface area contributed by atoms with Gasteiger partial charge < -0.3 is 4.79 Å². The minimum Gasteiger partial charge on any atom is -0.303 e. The summed E-state index contributed by atoms with van der Waals surface area (Å²) in [7, 11) is 0. The lowest BCUT2D eigenvalue weighted by molar-refractivity contribution is -0.509. The SMILES string of the molecule is C=C(c1ccccc1)[C@H]([C@H](CC=O)c1ccccc1)[N+](=O)[O-]. The second kappa shape index (κ2) is 7.31. The summed E-state index contributed by atoms with van der Waals surface area (Å²) in [6, 6.07) is 17.1. The molecule has 0 amide bonds.